The minimum Gasteiger partial charge on any atom is -0.338 e. The number of benzene rings is 2. The van der Waals surface area contributed by atoms with Crippen molar-refractivity contribution >= 4 is 40.9 Å². The summed E-state index contributed by atoms with van der Waals surface area (Å²) in [7, 11) is 0. The van der Waals surface area contributed by atoms with Gasteiger partial charge in [0.05, 0.1) is 11.2 Å². The van der Waals surface area contributed by atoms with E-state index >= 15 is 0 Å². The van der Waals surface area contributed by atoms with E-state index in [4.69, 9.17) is 11.6 Å². The van der Waals surface area contributed by atoms with Crippen LogP contribution in [0.1, 0.15) is 29.4 Å². The lowest BCUT2D eigenvalue weighted by Crippen LogP contribution is -2.45. The third kappa shape index (κ3) is 6.80. The van der Waals surface area contributed by atoms with Crippen LogP contribution in [0, 0.1) is 0 Å². The summed E-state index contributed by atoms with van der Waals surface area (Å²) in [4.78, 5) is 34.4. The fourth-order valence-electron chi connectivity index (χ4n) is 2.81. The molecule has 6 nitrogen and oxygen atoms in total. The average molecular weight is 455 g/mol. The van der Waals surface area contributed by atoms with Gasteiger partial charge in [-0.05, 0) is 24.1 Å². The smallest absolute Gasteiger partial charge is 0.272 e. The molecule has 0 aliphatic heterocycles. The standard InChI is InChI=1S/C23H23ClN4O2S/c1-2-13-31-23-25-15-18(24)20(28-23)22(30)27-19(14-16-9-5-3-6-10-16)21(29)26-17-11-7-4-8-12-17/h3-12,15,19H,2,13-14H2,1H3,(H,26,29)(H,27,30)/t19-/m1/s1. The first kappa shape index (κ1) is 22.8. The third-order valence-electron chi connectivity index (χ3n) is 4.32. The van der Waals surface area contributed by atoms with Crippen LogP contribution in [0.25, 0.3) is 0 Å². The van der Waals surface area contributed by atoms with Crippen molar-refractivity contribution in [2.45, 2.75) is 31.0 Å². The van der Waals surface area contributed by atoms with E-state index < -0.39 is 11.9 Å². The number of rotatable bonds is 9. The average Bonchev–Trinajstić information content (AvgIpc) is 2.79. The van der Waals surface area contributed by atoms with Gasteiger partial charge >= 0.3 is 0 Å². The number of amides is 2. The van der Waals surface area contributed by atoms with Crippen molar-refractivity contribution < 1.29 is 9.59 Å². The highest BCUT2D eigenvalue weighted by Gasteiger charge is 2.24. The molecule has 0 fully saturated rings. The van der Waals surface area contributed by atoms with Crippen molar-refractivity contribution in [2.24, 2.45) is 0 Å². The molecule has 2 amide bonds. The number of thioether (sulfide) groups is 1. The maximum Gasteiger partial charge on any atom is 0.272 e. The van der Waals surface area contributed by atoms with Crippen LogP contribution >= 0.6 is 23.4 Å². The minimum atomic E-state index is -0.812. The van der Waals surface area contributed by atoms with Crippen molar-refractivity contribution in [3.05, 3.63) is 83.1 Å². The summed E-state index contributed by atoms with van der Waals surface area (Å²) < 4.78 is 0. The number of anilines is 1. The summed E-state index contributed by atoms with van der Waals surface area (Å²) in [6.07, 6.45) is 2.69. The first-order valence-corrected chi connectivity index (χ1v) is 11.3. The zero-order chi connectivity index (χ0) is 22.1. The molecule has 0 bridgehead atoms. The molecule has 1 aromatic heterocycles. The van der Waals surface area contributed by atoms with Gasteiger partial charge in [-0.25, -0.2) is 9.97 Å². The molecule has 1 heterocycles. The lowest BCUT2D eigenvalue weighted by molar-refractivity contribution is -0.118. The number of nitrogens with zero attached hydrogens (tertiary/aromatic N) is 2. The van der Waals surface area contributed by atoms with Crippen molar-refractivity contribution in [3.63, 3.8) is 0 Å². The van der Waals surface area contributed by atoms with Crippen LogP contribution < -0.4 is 10.6 Å². The van der Waals surface area contributed by atoms with Crippen LogP contribution in [0.3, 0.4) is 0 Å². The zero-order valence-electron chi connectivity index (χ0n) is 17.0. The topological polar surface area (TPSA) is 84.0 Å². The first-order chi connectivity index (χ1) is 15.1. The summed E-state index contributed by atoms with van der Waals surface area (Å²) in [5.41, 5.74) is 1.63. The molecule has 0 aliphatic carbocycles. The van der Waals surface area contributed by atoms with Crippen LogP contribution in [-0.2, 0) is 11.2 Å². The molecule has 0 spiro atoms. The second kappa shape index (κ2) is 11.5. The molecule has 0 unspecified atom stereocenters. The van der Waals surface area contributed by atoms with Gasteiger partial charge in [-0.15, -0.1) is 0 Å². The Kier molecular flexibility index (Phi) is 8.44. The Morgan fingerprint density at radius 2 is 1.74 bits per heavy atom. The van der Waals surface area contributed by atoms with E-state index in [2.05, 4.69) is 27.5 Å². The number of carbonyl (C=O) groups is 2. The lowest BCUT2D eigenvalue weighted by Gasteiger charge is -2.19. The Morgan fingerprint density at radius 1 is 1.06 bits per heavy atom. The molecule has 2 N–H and O–H groups in total. The maximum absolute atomic E-state index is 13.0. The van der Waals surface area contributed by atoms with Crippen molar-refractivity contribution in [3.8, 4) is 0 Å². The van der Waals surface area contributed by atoms with Crippen LogP contribution in [-0.4, -0.2) is 33.6 Å². The van der Waals surface area contributed by atoms with Gasteiger partial charge in [0, 0.05) is 17.9 Å². The Labute approximate surface area is 190 Å². The van der Waals surface area contributed by atoms with E-state index in [0.29, 0.717) is 17.3 Å². The molecule has 0 aliphatic rings. The number of hydrogen-bond donors (Lipinski definition) is 2. The van der Waals surface area contributed by atoms with E-state index in [-0.39, 0.29) is 16.6 Å². The molecule has 0 saturated carbocycles. The Morgan fingerprint density at radius 3 is 2.42 bits per heavy atom. The predicted molar refractivity (Wildman–Crippen MR) is 125 cm³/mol. The Hall–Kier alpha value is -2.90. The molecule has 8 heteroatoms. The van der Waals surface area contributed by atoms with Gasteiger partial charge < -0.3 is 10.6 Å². The SMILES string of the molecule is CCCSc1ncc(Cl)c(C(=O)N[C@H](Cc2ccccc2)C(=O)Nc2ccccc2)n1. The van der Waals surface area contributed by atoms with Gasteiger partial charge in [-0.3, -0.25) is 9.59 Å². The highest BCUT2D eigenvalue weighted by molar-refractivity contribution is 7.99. The van der Waals surface area contributed by atoms with Gasteiger partial charge in [0.25, 0.3) is 5.91 Å². The fourth-order valence-corrected chi connectivity index (χ4v) is 3.66. The summed E-state index contributed by atoms with van der Waals surface area (Å²) >= 11 is 7.63. The van der Waals surface area contributed by atoms with Gasteiger partial charge in [0.15, 0.2) is 10.9 Å². The van der Waals surface area contributed by atoms with Crippen molar-refractivity contribution in [1.82, 2.24) is 15.3 Å². The second-order valence-electron chi connectivity index (χ2n) is 6.77. The number of aromatic nitrogens is 2. The van der Waals surface area contributed by atoms with E-state index in [1.165, 1.54) is 18.0 Å². The first-order valence-electron chi connectivity index (χ1n) is 9.93. The fraction of sp³-hybridized carbons (Fsp3) is 0.217. The highest BCUT2D eigenvalue weighted by Crippen LogP contribution is 2.19. The molecule has 3 rings (SSSR count). The van der Waals surface area contributed by atoms with Crippen LogP contribution in [0.15, 0.2) is 72.0 Å². The number of carbonyl (C=O) groups excluding carboxylic acids is 2. The lowest BCUT2D eigenvalue weighted by atomic mass is 10.0. The molecule has 160 valence electrons. The maximum atomic E-state index is 13.0. The molecule has 0 radical (unpaired) electrons. The number of nitrogens with one attached hydrogen (secondary N) is 2. The van der Waals surface area contributed by atoms with Gasteiger partial charge in [-0.2, -0.15) is 0 Å². The second-order valence-corrected chi connectivity index (χ2v) is 8.24. The molecular formula is C23H23ClN4O2S. The van der Waals surface area contributed by atoms with E-state index in [1.54, 1.807) is 12.1 Å². The van der Waals surface area contributed by atoms with Crippen LogP contribution in [0.2, 0.25) is 5.02 Å². The monoisotopic (exact) mass is 454 g/mol. The van der Waals surface area contributed by atoms with Gasteiger partial charge in [0.1, 0.15) is 6.04 Å². The highest BCUT2D eigenvalue weighted by atomic mass is 35.5. The van der Waals surface area contributed by atoms with Gasteiger partial charge in [0.2, 0.25) is 5.91 Å². The predicted octanol–water partition coefficient (Wildman–Crippen LogP) is 4.61. The summed E-state index contributed by atoms with van der Waals surface area (Å²) in [6.45, 7) is 2.05. The number of hydrogen-bond acceptors (Lipinski definition) is 5. The molecular weight excluding hydrogens is 432 g/mol. The summed E-state index contributed by atoms with van der Waals surface area (Å²) in [5.74, 6) is -0.0113. The number of halogens is 1. The minimum absolute atomic E-state index is 0.0563. The summed E-state index contributed by atoms with van der Waals surface area (Å²) in [5, 5.41) is 6.26. The Bertz CT molecular complexity index is 1020. The Balaban J connectivity index is 1.80. The van der Waals surface area contributed by atoms with Crippen LogP contribution in [0.4, 0.5) is 5.69 Å². The van der Waals surface area contributed by atoms with Crippen molar-refractivity contribution in [1.29, 1.82) is 0 Å². The molecule has 3 aromatic rings. The van der Waals surface area contributed by atoms with E-state index in [0.717, 1.165) is 17.7 Å². The van der Waals surface area contributed by atoms with E-state index in [1.807, 2.05) is 48.5 Å². The third-order valence-corrected chi connectivity index (χ3v) is 5.66. The summed E-state index contributed by atoms with van der Waals surface area (Å²) in [6, 6.07) is 17.8. The molecule has 0 saturated heterocycles. The van der Waals surface area contributed by atoms with Crippen molar-refractivity contribution in [2.75, 3.05) is 11.1 Å². The molecule has 2 aromatic carbocycles. The molecule has 31 heavy (non-hydrogen) atoms. The quantitative estimate of drug-likeness (QED) is 0.364. The molecule has 1 atom stereocenters. The van der Waals surface area contributed by atoms with Crippen LogP contribution in [0.5, 0.6) is 0 Å². The van der Waals surface area contributed by atoms with E-state index in [9.17, 15) is 9.59 Å². The largest absolute Gasteiger partial charge is 0.338 e. The normalized spacial score (nSPS) is 11.5. The number of para-hydroxylation sites is 1. The zero-order valence-corrected chi connectivity index (χ0v) is 18.6. The van der Waals surface area contributed by atoms with Gasteiger partial charge in [-0.1, -0.05) is 78.8 Å².